The summed E-state index contributed by atoms with van der Waals surface area (Å²) < 4.78 is 39.1. The average molecular weight is 365 g/mol. The second kappa shape index (κ2) is 8.80. The summed E-state index contributed by atoms with van der Waals surface area (Å²) in [5.74, 6) is -1.08. The molecule has 6 nitrogen and oxygen atoms in total. The number of aryl methyl sites for hydroxylation is 1. The molecule has 8 heteroatoms. The summed E-state index contributed by atoms with van der Waals surface area (Å²) in [5, 5.41) is 2.36. The van der Waals surface area contributed by atoms with E-state index in [9.17, 15) is 18.4 Å². The standard InChI is InChI=1S/C18H17F2NO5/c1-11-7-8-12(9-15(11)24-2)17(23)25-10-16(22)21-13-5-3-4-6-14(13)26-18(19)20/h3-9,18H,10H2,1-2H3,(H,21,22). The van der Waals surface area contributed by atoms with Crippen LogP contribution in [0.3, 0.4) is 0 Å². The minimum atomic E-state index is -3.03. The Morgan fingerprint density at radius 2 is 1.85 bits per heavy atom. The first-order valence-electron chi connectivity index (χ1n) is 7.56. The van der Waals surface area contributed by atoms with Crippen molar-refractivity contribution >= 4 is 17.6 Å². The SMILES string of the molecule is COc1cc(C(=O)OCC(=O)Nc2ccccc2OC(F)F)ccc1C. The lowest BCUT2D eigenvalue weighted by Gasteiger charge is -2.12. The number of hydrogen-bond acceptors (Lipinski definition) is 5. The Kier molecular flexibility index (Phi) is 6.48. The summed E-state index contributed by atoms with van der Waals surface area (Å²) in [4.78, 5) is 23.9. The number of amides is 1. The van der Waals surface area contributed by atoms with Crippen LogP contribution < -0.4 is 14.8 Å². The van der Waals surface area contributed by atoms with Crippen molar-refractivity contribution in [3.8, 4) is 11.5 Å². The van der Waals surface area contributed by atoms with Gasteiger partial charge in [-0.05, 0) is 36.8 Å². The molecule has 1 N–H and O–H groups in total. The van der Waals surface area contributed by atoms with Crippen molar-refractivity contribution in [1.82, 2.24) is 0 Å². The molecule has 0 spiro atoms. The minimum Gasteiger partial charge on any atom is -0.496 e. The van der Waals surface area contributed by atoms with Crippen LogP contribution in [0.2, 0.25) is 0 Å². The highest BCUT2D eigenvalue weighted by Crippen LogP contribution is 2.25. The van der Waals surface area contributed by atoms with E-state index in [1.165, 1.54) is 31.4 Å². The summed E-state index contributed by atoms with van der Waals surface area (Å²) in [5.41, 5.74) is 1.12. The van der Waals surface area contributed by atoms with Gasteiger partial charge in [-0.1, -0.05) is 18.2 Å². The number of rotatable bonds is 7. The molecule has 0 aliphatic rings. The smallest absolute Gasteiger partial charge is 0.387 e. The zero-order chi connectivity index (χ0) is 19.1. The fourth-order valence-electron chi connectivity index (χ4n) is 2.12. The molecule has 0 saturated carbocycles. The van der Waals surface area contributed by atoms with Crippen LogP contribution in [0.15, 0.2) is 42.5 Å². The van der Waals surface area contributed by atoms with E-state index in [1.807, 2.05) is 6.92 Å². The van der Waals surface area contributed by atoms with E-state index in [4.69, 9.17) is 9.47 Å². The largest absolute Gasteiger partial charge is 0.496 e. The molecule has 0 unspecified atom stereocenters. The third-order valence-electron chi connectivity index (χ3n) is 3.36. The Morgan fingerprint density at radius 3 is 2.54 bits per heavy atom. The molecule has 0 fully saturated rings. The maximum atomic E-state index is 12.4. The fourth-order valence-corrected chi connectivity index (χ4v) is 2.12. The van der Waals surface area contributed by atoms with Crippen LogP contribution >= 0.6 is 0 Å². The summed E-state index contributed by atoms with van der Waals surface area (Å²) in [6, 6.07) is 10.4. The predicted octanol–water partition coefficient (Wildman–Crippen LogP) is 3.40. The first-order valence-corrected chi connectivity index (χ1v) is 7.56. The third-order valence-corrected chi connectivity index (χ3v) is 3.36. The van der Waals surface area contributed by atoms with Crippen molar-refractivity contribution < 1.29 is 32.6 Å². The van der Waals surface area contributed by atoms with E-state index in [1.54, 1.807) is 18.2 Å². The molecule has 2 rings (SSSR count). The van der Waals surface area contributed by atoms with E-state index < -0.39 is 25.1 Å². The minimum absolute atomic E-state index is 0.0471. The highest BCUT2D eigenvalue weighted by atomic mass is 19.3. The van der Waals surface area contributed by atoms with Gasteiger partial charge in [-0.2, -0.15) is 8.78 Å². The highest BCUT2D eigenvalue weighted by molar-refractivity contribution is 5.96. The fraction of sp³-hybridized carbons (Fsp3) is 0.222. The lowest BCUT2D eigenvalue weighted by atomic mass is 10.1. The molecule has 2 aromatic carbocycles. The Hall–Kier alpha value is -3.16. The summed E-state index contributed by atoms with van der Waals surface area (Å²) in [7, 11) is 1.48. The van der Waals surface area contributed by atoms with E-state index in [0.717, 1.165) is 5.56 Å². The number of esters is 1. The topological polar surface area (TPSA) is 73.9 Å². The van der Waals surface area contributed by atoms with Crippen LogP contribution in [-0.2, 0) is 9.53 Å². The quantitative estimate of drug-likeness (QED) is 0.762. The van der Waals surface area contributed by atoms with Crippen molar-refractivity contribution in [2.75, 3.05) is 19.0 Å². The molecule has 0 heterocycles. The second-order valence-electron chi connectivity index (χ2n) is 5.18. The van der Waals surface area contributed by atoms with Crippen molar-refractivity contribution in [2.45, 2.75) is 13.5 Å². The zero-order valence-electron chi connectivity index (χ0n) is 14.1. The lowest BCUT2D eigenvalue weighted by molar-refractivity contribution is -0.119. The van der Waals surface area contributed by atoms with Crippen LogP contribution in [-0.4, -0.2) is 32.2 Å². The molecule has 0 aromatic heterocycles. The maximum Gasteiger partial charge on any atom is 0.387 e. The Labute approximate surface area is 148 Å². The number of halogens is 2. The second-order valence-corrected chi connectivity index (χ2v) is 5.18. The maximum absolute atomic E-state index is 12.4. The molecule has 1 amide bonds. The molecule has 2 aromatic rings. The molecule has 26 heavy (non-hydrogen) atoms. The number of carbonyl (C=O) groups excluding carboxylic acids is 2. The molecule has 138 valence electrons. The zero-order valence-corrected chi connectivity index (χ0v) is 14.1. The number of ether oxygens (including phenoxy) is 3. The van der Waals surface area contributed by atoms with Gasteiger partial charge in [-0.15, -0.1) is 0 Å². The van der Waals surface area contributed by atoms with Crippen LogP contribution in [0.5, 0.6) is 11.5 Å². The lowest BCUT2D eigenvalue weighted by Crippen LogP contribution is -2.21. The van der Waals surface area contributed by atoms with Gasteiger partial charge in [0.1, 0.15) is 11.5 Å². The van der Waals surface area contributed by atoms with E-state index in [2.05, 4.69) is 10.1 Å². The predicted molar refractivity (Wildman–Crippen MR) is 89.7 cm³/mol. The first-order chi connectivity index (χ1) is 12.4. The number of anilines is 1. The molecule has 0 radical (unpaired) electrons. The van der Waals surface area contributed by atoms with Gasteiger partial charge in [0.25, 0.3) is 5.91 Å². The molecular weight excluding hydrogens is 348 g/mol. The van der Waals surface area contributed by atoms with Crippen LogP contribution in [0.1, 0.15) is 15.9 Å². The van der Waals surface area contributed by atoms with Crippen molar-refractivity contribution in [1.29, 1.82) is 0 Å². The van der Waals surface area contributed by atoms with Gasteiger partial charge < -0.3 is 19.5 Å². The van der Waals surface area contributed by atoms with Gasteiger partial charge in [0.2, 0.25) is 0 Å². The normalized spacial score (nSPS) is 10.3. The number of hydrogen-bond donors (Lipinski definition) is 1. The third kappa shape index (κ3) is 5.17. The van der Waals surface area contributed by atoms with E-state index >= 15 is 0 Å². The van der Waals surface area contributed by atoms with Crippen LogP contribution in [0, 0.1) is 6.92 Å². The van der Waals surface area contributed by atoms with Gasteiger partial charge in [0.15, 0.2) is 6.61 Å². The van der Waals surface area contributed by atoms with E-state index in [0.29, 0.717) is 5.75 Å². The van der Waals surface area contributed by atoms with Crippen LogP contribution in [0.25, 0.3) is 0 Å². The number of benzene rings is 2. The number of nitrogens with one attached hydrogen (secondary N) is 1. The molecule has 0 atom stereocenters. The molecule has 0 aliphatic carbocycles. The Bertz CT molecular complexity index is 795. The van der Waals surface area contributed by atoms with Gasteiger partial charge in [-0.3, -0.25) is 4.79 Å². The van der Waals surface area contributed by atoms with Crippen molar-refractivity contribution in [2.24, 2.45) is 0 Å². The first kappa shape index (κ1) is 19.2. The summed E-state index contributed by atoms with van der Waals surface area (Å²) in [6.07, 6.45) is 0. The van der Waals surface area contributed by atoms with Crippen molar-refractivity contribution in [3.63, 3.8) is 0 Å². The van der Waals surface area contributed by atoms with Gasteiger partial charge >= 0.3 is 12.6 Å². The number of para-hydroxylation sites is 2. The molecule has 0 bridgehead atoms. The Morgan fingerprint density at radius 1 is 1.12 bits per heavy atom. The number of methoxy groups -OCH3 is 1. The van der Waals surface area contributed by atoms with Gasteiger partial charge in [0.05, 0.1) is 18.4 Å². The monoisotopic (exact) mass is 365 g/mol. The highest BCUT2D eigenvalue weighted by Gasteiger charge is 2.15. The molecule has 0 aliphatic heterocycles. The molecular formula is C18H17F2NO5. The molecule has 0 saturated heterocycles. The van der Waals surface area contributed by atoms with E-state index in [-0.39, 0.29) is 17.0 Å². The van der Waals surface area contributed by atoms with Crippen LogP contribution in [0.4, 0.5) is 14.5 Å². The van der Waals surface area contributed by atoms with Crippen molar-refractivity contribution in [3.05, 3.63) is 53.6 Å². The summed E-state index contributed by atoms with van der Waals surface area (Å²) in [6.45, 7) is -1.79. The number of carbonyl (C=O) groups is 2. The number of alkyl halides is 2. The Balaban J connectivity index is 1.96. The average Bonchev–Trinajstić information content (AvgIpc) is 2.61. The van der Waals surface area contributed by atoms with Gasteiger partial charge in [0, 0.05) is 0 Å². The summed E-state index contributed by atoms with van der Waals surface area (Å²) >= 11 is 0. The van der Waals surface area contributed by atoms with Gasteiger partial charge in [-0.25, -0.2) is 4.79 Å².